The summed E-state index contributed by atoms with van der Waals surface area (Å²) in [4.78, 5) is 0. The summed E-state index contributed by atoms with van der Waals surface area (Å²) in [6.45, 7) is 11.5. The molecule has 0 radical (unpaired) electrons. The zero-order valence-corrected chi connectivity index (χ0v) is 14.9. The van der Waals surface area contributed by atoms with Crippen molar-refractivity contribution in [2.24, 2.45) is 5.73 Å². The van der Waals surface area contributed by atoms with Gasteiger partial charge in [-0.15, -0.1) is 0 Å². The van der Waals surface area contributed by atoms with E-state index in [1.807, 2.05) is 20.8 Å². The molecule has 3 nitrogen and oxygen atoms in total. The molecule has 0 fully saturated rings. The van der Waals surface area contributed by atoms with Crippen molar-refractivity contribution < 1.29 is 9.47 Å². The van der Waals surface area contributed by atoms with E-state index in [-0.39, 0.29) is 6.04 Å². The smallest absolute Gasteiger partial charge is 0.180 e. The molecule has 22 heavy (non-hydrogen) atoms. The van der Waals surface area contributed by atoms with Crippen LogP contribution in [0.2, 0.25) is 0 Å². The van der Waals surface area contributed by atoms with Crippen molar-refractivity contribution in [1.82, 2.24) is 0 Å². The first-order valence-corrected chi connectivity index (χ1v) is 8.52. The van der Waals surface area contributed by atoms with Crippen LogP contribution in [0.25, 0.3) is 0 Å². The Morgan fingerprint density at radius 2 is 1.55 bits per heavy atom. The molecule has 0 heterocycles. The molecule has 1 unspecified atom stereocenters. The van der Waals surface area contributed by atoms with Gasteiger partial charge in [0.15, 0.2) is 5.79 Å². The second kappa shape index (κ2) is 9.29. The fourth-order valence-electron chi connectivity index (χ4n) is 3.00. The zero-order valence-electron chi connectivity index (χ0n) is 14.9. The molecule has 2 N–H and O–H groups in total. The fourth-order valence-corrected chi connectivity index (χ4v) is 3.00. The highest BCUT2D eigenvalue weighted by molar-refractivity contribution is 5.28. The van der Waals surface area contributed by atoms with Crippen molar-refractivity contribution in [3.8, 4) is 0 Å². The van der Waals surface area contributed by atoms with Gasteiger partial charge >= 0.3 is 0 Å². The van der Waals surface area contributed by atoms with Crippen LogP contribution in [0.5, 0.6) is 0 Å². The Morgan fingerprint density at radius 1 is 1.00 bits per heavy atom. The lowest BCUT2D eigenvalue weighted by atomic mass is 9.98. The number of benzene rings is 1. The third-order valence-electron chi connectivity index (χ3n) is 4.05. The van der Waals surface area contributed by atoms with Crippen LogP contribution in [-0.4, -0.2) is 25.0 Å². The highest BCUT2D eigenvalue weighted by Gasteiger charge is 2.32. The van der Waals surface area contributed by atoms with Gasteiger partial charge in [0, 0.05) is 13.2 Å². The summed E-state index contributed by atoms with van der Waals surface area (Å²) in [6.07, 6.45) is 4.26. The van der Waals surface area contributed by atoms with Gasteiger partial charge in [0.2, 0.25) is 0 Å². The molecule has 0 saturated carbocycles. The van der Waals surface area contributed by atoms with Crippen molar-refractivity contribution in [1.29, 1.82) is 0 Å². The number of rotatable bonds is 10. The number of hydrogen-bond acceptors (Lipinski definition) is 3. The number of unbranched alkanes of at least 4 members (excludes halogenated alkanes) is 1. The van der Waals surface area contributed by atoms with Crippen molar-refractivity contribution in [3.63, 3.8) is 0 Å². The van der Waals surface area contributed by atoms with Crippen LogP contribution in [0.1, 0.15) is 56.7 Å². The molecule has 1 aromatic rings. The molecule has 1 rings (SSSR count). The van der Waals surface area contributed by atoms with Gasteiger partial charge in [-0.1, -0.05) is 35.7 Å². The van der Waals surface area contributed by atoms with Crippen molar-refractivity contribution >= 4 is 0 Å². The minimum Gasteiger partial charge on any atom is -0.349 e. The molecule has 3 heteroatoms. The molecule has 0 aliphatic heterocycles. The van der Waals surface area contributed by atoms with Gasteiger partial charge in [0.1, 0.15) is 0 Å². The maximum Gasteiger partial charge on any atom is 0.180 e. The van der Waals surface area contributed by atoms with Crippen LogP contribution in [-0.2, 0) is 15.9 Å². The van der Waals surface area contributed by atoms with Crippen LogP contribution >= 0.6 is 0 Å². The van der Waals surface area contributed by atoms with Gasteiger partial charge in [-0.3, -0.25) is 0 Å². The predicted octanol–water partition coefficient (Wildman–Crippen LogP) is 4.13. The molecule has 1 atom stereocenters. The Morgan fingerprint density at radius 3 is 2.05 bits per heavy atom. The molecule has 1 aromatic carbocycles. The maximum atomic E-state index is 6.30. The molecular weight excluding hydrogens is 274 g/mol. The standard InChI is InChI=1S/C19H33NO2/c1-6-21-19(5,22-7-2)18(20)11-9-8-10-17-13-15(3)12-16(4)14-17/h12-14,18H,6-11,20H2,1-5H3. The van der Waals surface area contributed by atoms with Crippen LogP contribution < -0.4 is 5.73 Å². The van der Waals surface area contributed by atoms with Gasteiger partial charge in [-0.2, -0.15) is 0 Å². The van der Waals surface area contributed by atoms with Crippen LogP contribution in [0, 0.1) is 13.8 Å². The van der Waals surface area contributed by atoms with Crippen molar-refractivity contribution in [2.75, 3.05) is 13.2 Å². The van der Waals surface area contributed by atoms with Gasteiger partial charge in [0.25, 0.3) is 0 Å². The van der Waals surface area contributed by atoms with E-state index in [1.165, 1.54) is 16.7 Å². The Hall–Kier alpha value is -0.900. The molecule has 126 valence electrons. The van der Waals surface area contributed by atoms with Crippen molar-refractivity contribution in [3.05, 3.63) is 34.9 Å². The average molecular weight is 307 g/mol. The first-order valence-electron chi connectivity index (χ1n) is 8.52. The first kappa shape index (κ1) is 19.1. The molecule has 0 aromatic heterocycles. The maximum absolute atomic E-state index is 6.30. The third-order valence-corrected chi connectivity index (χ3v) is 4.05. The van der Waals surface area contributed by atoms with E-state index < -0.39 is 5.79 Å². The van der Waals surface area contributed by atoms with E-state index in [4.69, 9.17) is 15.2 Å². The molecule has 0 aliphatic carbocycles. The monoisotopic (exact) mass is 307 g/mol. The molecule has 0 amide bonds. The summed E-state index contributed by atoms with van der Waals surface area (Å²) >= 11 is 0. The lowest BCUT2D eigenvalue weighted by Gasteiger charge is -2.34. The van der Waals surface area contributed by atoms with Gasteiger partial charge < -0.3 is 15.2 Å². The lowest BCUT2D eigenvalue weighted by molar-refractivity contribution is -0.233. The Labute approximate surface area is 136 Å². The molecule has 0 aliphatic rings. The van der Waals surface area contributed by atoms with Crippen molar-refractivity contribution in [2.45, 2.75) is 72.1 Å². The van der Waals surface area contributed by atoms with Crippen LogP contribution in [0.4, 0.5) is 0 Å². The summed E-state index contributed by atoms with van der Waals surface area (Å²) in [7, 11) is 0. The van der Waals surface area contributed by atoms with Gasteiger partial charge in [0.05, 0.1) is 6.04 Å². The SMILES string of the molecule is CCOC(C)(OCC)C(N)CCCCc1cc(C)cc(C)c1. The fraction of sp³-hybridized carbons (Fsp3) is 0.684. The minimum atomic E-state index is -0.663. The molecule has 0 spiro atoms. The van der Waals surface area contributed by atoms with E-state index in [2.05, 4.69) is 32.0 Å². The zero-order chi connectivity index (χ0) is 16.6. The average Bonchev–Trinajstić information content (AvgIpc) is 2.43. The van der Waals surface area contributed by atoms with Gasteiger partial charge in [-0.05, 0) is 59.4 Å². The summed E-state index contributed by atoms with van der Waals surface area (Å²) in [5.41, 5.74) is 10.4. The van der Waals surface area contributed by atoms with Crippen LogP contribution in [0.3, 0.4) is 0 Å². The number of nitrogens with two attached hydrogens (primary N) is 1. The summed E-state index contributed by atoms with van der Waals surface area (Å²) in [5, 5.41) is 0. The second-order valence-corrected chi connectivity index (χ2v) is 6.23. The summed E-state index contributed by atoms with van der Waals surface area (Å²) in [5.74, 6) is -0.663. The predicted molar refractivity (Wildman–Crippen MR) is 93.1 cm³/mol. The van der Waals surface area contributed by atoms with E-state index in [1.54, 1.807) is 0 Å². The van der Waals surface area contributed by atoms with E-state index in [0.717, 1.165) is 25.7 Å². The number of aryl methyl sites for hydroxylation is 3. The normalized spacial score (nSPS) is 13.4. The second-order valence-electron chi connectivity index (χ2n) is 6.23. The number of ether oxygens (including phenoxy) is 2. The number of hydrogen-bond donors (Lipinski definition) is 1. The summed E-state index contributed by atoms with van der Waals surface area (Å²) in [6, 6.07) is 6.68. The molecular formula is C19H33NO2. The Kier molecular flexibility index (Phi) is 8.08. The minimum absolute atomic E-state index is 0.0911. The Balaban J connectivity index is 2.42. The first-order chi connectivity index (χ1) is 10.4. The van der Waals surface area contributed by atoms with Crippen LogP contribution in [0.15, 0.2) is 18.2 Å². The largest absolute Gasteiger partial charge is 0.349 e. The highest BCUT2D eigenvalue weighted by atomic mass is 16.7. The van der Waals surface area contributed by atoms with Gasteiger partial charge in [-0.25, -0.2) is 0 Å². The summed E-state index contributed by atoms with van der Waals surface area (Å²) < 4.78 is 11.5. The lowest BCUT2D eigenvalue weighted by Crippen LogP contribution is -2.50. The van der Waals surface area contributed by atoms with E-state index in [9.17, 15) is 0 Å². The quantitative estimate of drug-likeness (QED) is 0.522. The van der Waals surface area contributed by atoms with E-state index >= 15 is 0 Å². The third kappa shape index (κ3) is 6.07. The molecule has 0 saturated heterocycles. The molecule has 0 bridgehead atoms. The highest BCUT2D eigenvalue weighted by Crippen LogP contribution is 2.21. The topological polar surface area (TPSA) is 44.5 Å². The Bertz CT molecular complexity index is 419. The van der Waals surface area contributed by atoms with E-state index in [0.29, 0.717) is 13.2 Å².